The average Bonchev–Trinajstić information content (AvgIpc) is 2.34. The van der Waals surface area contributed by atoms with Crippen LogP contribution in [0.3, 0.4) is 0 Å². The summed E-state index contributed by atoms with van der Waals surface area (Å²) >= 11 is 0. The molecule has 0 radical (unpaired) electrons. The number of aliphatic hydroxyl groups is 2. The van der Waals surface area contributed by atoms with E-state index in [2.05, 4.69) is 5.32 Å². The Bertz CT molecular complexity index is 418. The van der Waals surface area contributed by atoms with E-state index in [9.17, 15) is 15.0 Å². The van der Waals surface area contributed by atoms with Crippen LogP contribution in [0, 0.1) is 0 Å². The van der Waals surface area contributed by atoms with Crippen molar-refractivity contribution in [2.45, 2.75) is 31.8 Å². The standard InChI is InChI=1S/C13H17NO4/c1-8(15)9-2-4-10(5-3-9)14-13-6-11(16)12(17)7-18-13/h2-5,11-14,16-17H,6-7H2,1H3/t11-,12+,13+/m1/s1. The minimum atomic E-state index is -0.817. The summed E-state index contributed by atoms with van der Waals surface area (Å²) in [6.07, 6.45) is -1.59. The molecule has 0 bridgehead atoms. The highest BCUT2D eigenvalue weighted by Crippen LogP contribution is 2.18. The lowest BCUT2D eigenvalue weighted by Gasteiger charge is -2.31. The third-order valence-electron chi connectivity index (χ3n) is 2.99. The van der Waals surface area contributed by atoms with Gasteiger partial charge in [0, 0.05) is 17.7 Å². The van der Waals surface area contributed by atoms with Crippen LogP contribution in [0.5, 0.6) is 0 Å². The van der Waals surface area contributed by atoms with Crippen molar-refractivity contribution in [3.05, 3.63) is 29.8 Å². The minimum Gasteiger partial charge on any atom is -0.390 e. The lowest BCUT2D eigenvalue weighted by molar-refractivity contribution is -0.112. The van der Waals surface area contributed by atoms with Gasteiger partial charge in [0.1, 0.15) is 12.3 Å². The molecule has 5 heteroatoms. The molecule has 1 saturated heterocycles. The zero-order valence-electron chi connectivity index (χ0n) is 10.2. The molecule has 0 spiro atoms. The molecule has 98 valence electrons. The normalized spacial score (nSPS) is 27.8. The topological polar surface area (TPSA) is 78.8 Å². The van der Waals surface area contributed by atoms with Gasteiger partial charge in [-0.05, 0) is 31.2 Å². The van der Waals surface area contributed by atoms with Crippen molar-refractivity contribution in [1.82, 2.24) is 0 Å². The predicted octanol–water partition coefficient (Wildman–Crippen LogP) is 0.769. The van der Waals surface area contributed by atoms with Gasteiger partial charge in [-0.2, -0.15) is 0 Å². The van der Waals surface area contributed by atoms with Crippen LogP contribution in [0.1, 0.15) is 23.7 Å². The van der Waals surface area contributed by atoms with E-state index in [4.69, 9.17) is 4.74 Å². The van der Waals surface area contributed by atoms with Crippen LogP contribution in [-0.2, 0) is 4.74 Å². The maximum Gasteiger partial charge on any atom is 0.159 e. The van der Waals surface area contributed by atoms with Crippen molar-refractivity contribution in [2.75, 3.05) is 11.9 Å². The van der Waals surface area contributed by atoms with Crippen molar-refractivity contribution >= 4 is 11.5 Å². The molecule has 1 aromatic rings. The Balaban J connectivity index is 1.95. The molecule has 1 heterocycles. The number of Topliss-reactive ketones (excluding diaryl/α,β-unsaturated/α-hetero) is 1. The molecule has 0 aromatic heterocycles. The summed E-state index contributed by atoms with van der Waals surface area (Å²) in [5, 5.41) is 21.9. The molecular formula is C13H17NO4. The van der Waals surface area contributed by atoms with Gasteiger partial charge in [0.2, 0.25) is 0 Å². The Hall–Kier alpha value is -1.43. The monoisotopic (exact) mass is 251 g/mol. The first kappa shape index (κ1) is 13.0. The number of ketones is 1. The Morgan fingerprint density at radius 3 is 2.50 bits per heavy atom. The van der Waals surface area contributed by atoms with Crippen molar-refractivity contribution < 1.29 is 19.7 Å². The molecule has 3 N–H and O–H groups in total. The van der Waals surface area contributed by atoms with E-state index in [0.29, 0.717) is 12.0 Å². The molecule has 3 atom stereocenters. The van der Waals surface area contributed by atoms with Crippen LogP contribution in [0.2, 0.25) is 0 Å². The van der Waals surface area contributed by atoms with Crippen molar-refractivity contribution in [3.8, 4) is 0 Å². The average molecular weight is 251 g/mol. The fourth-order valence-corrected chi connectivity index (χ4v) is 1.86. The molecular weight excluding hydrogens is 234 g/mol. The second kappa shape index (κ2) is 5.48. The number of anilines is 1. The lowest BCUT2D eigenvalue weighted by Crippen LogP contribution is -2.44. The van der Waals surface area contributed by atoms with E-state index in [1.54, 1.807) is 24.3 Å². The van der Waals surface area contributed by atoms with Crippen LogP contribution in [0.4, 0.5) is 5.69 Å². The van der Waals surface area contributed by atoms with E-state index in [1.165, 1.54) is 6.92 Å². The molecule has 18 heavy (non-hydrogen) atoms. The van der Waals surface area contributed by atoms with E-state index < -0.39 is 12.2 Å². The van der Waals surface area contributed by atoms with Gasteiger partial charge < -0.3 is 20.3 Å². The summed E-state index contributed by atoms with van der Waals surface area (Å²) in [5.74, 6) is 0.0222. The van der Waals surface area contributed by atoms with Gasteiger partial charge >= 0.3 is 0 Å². The molecule has 1 fully saturated rings. The summed E-state index contributed by atoms with van der Waals surface area (Å²) in [6, 6.07) is 7.05. The highest BCUT2D eigenvalue weighted by atomic mass is 16.5. The predicted molar refractivity (Wildman–Crippen MR) is 66.4 cm³/mol. The van der Waals surface area contributed by atoms with Gasteiger partial charge in [0.25, 0.3) is 0 Å². The smallest absolute Gasteiger partial charge is 0.159 e. The summed E-state index contributed by atoms with van der Waals surface area (Å²) in [6.45, 7) is 1.63. The Morgan fingerprint density at radius 2 is 1.94 bits per heavy atom. The van der Waals surface area contributed by atoms with Gasteiger partial charge in [0.15, 0.2) is 5.78 Å². The number of carbonyl (C=O) groups is 1. The number of hydrogen-bond donors (Lipinski definition) is 3. The van der Waals surface area contributed by atoms with Gasteiger partial charge in [-0.25, -0.2) is 0 Å². The summed E-state index contributed by atoms with van der Waals surface area (Å²) < 4.78 is 5.35. The van der Waals surface area contributed by atoms with Crippen molar-refractivity contribution in [1.29, 1.82) is 0 Å². The molecule has 1 aliphatic heterocycles. The van der Waals surface area contributed by atoms with Gasteiger partial charge in [-0.3, -0.25) is 4.79 Å². The van der Waals surface area contributed by atoms with E-state index in [1.807, 2.05) is 0 Å². The number of ether oxygens (including phenoxy) is 1. The fraction of sp³-hybridized carbons (Fsp3) is 0.462. The van der Waals surface area contributed by atoms with Gasteiger partial charge in [-0.15, -0.1) is 0 Å². The number of benzene rings is 1. The van der Waals surface area contributed by atoms with Crippen LogP contribution >= 0.6 is 0 Å². The molecule has 0 aliphatic carbocycles. The summed E-state index contributed by atoms with van der Waals surface area (Å²) in [5.41, 5.74) is 1.47. The lowest BCUT2D eigenvalue weighted by atomic mass is 10.1. The molecule has 0 amide bonds. The second-order valence-electron chi connectivity index (χ2n) is 4.47. The molecule has 5 nitrogen and oxygen atoms in total. The van der Waals surface area contributed by atoms with Crippen LogP contribution < -0.4 is 5.32 Å². The van der Waals surface area contributed by atoms with Crippen LogP contribution in [-0.4, -0.2) is 41.0 Å². The molecule has 1 aromatic carbocycles. The molecule has 0 saturated carbocycles. The van der Waals surface area contributed by atoms with Gasteiger partial charge in [-0.1, -0.05) is 0 Å². The number of aliphatic hydroxyl groups excluding tert-OH is 2. The summed E-state index contributed by atoms with van der Waals surface area (Å²) in [4.78, 5) is 11.1. The highest BCUT2D eigenvalue weighted by Gasteiger charge is 2.28. The largest absolute Gasteiger partial charge is 0.390 e. The Labute approximate surface area is 105 Å². The minimum absolute atomic E-state index is 0.0222. The first-order valence-electron chi connectivity index (χ1n) is 5.91. The molecule has 1 aliphatic rings. The first-order chi connectivity index (χ1) is 8.56. The maximum atomic E-state index is 11.1. The zero-order chi connectivity index (χ0) is 13.1. The Morgan fingerprint density at radius 1 is 1.28 bits per heavy atom. The van der Waals surface area contributed by atoms with E-state index >= 15 is 0 Å². The SMILES string of the molecule is CC(=O)c1ccc(N[C@@H]2C[C@@H](O)[C@@H](O)CO2)cc1. The quantitative estimate of drug-likeness (QED) is 0.691. The molecule has 2 rings (SSSR count). The number of carbonyl (C=O) groups excluding carboxylic acids is 1. The van der Waals surface area contributed by atoms with Crippen LogP contribution in [0.15, 0.2) is 24.3 Å². The van der Waals surface area contributed by atoms with Crippen molar-refractivity contribution in [3.63, 3.8) is 0 Å². The highest BCUT2D eigenvalue weighted by molar-refractivity contribution is 5.94. The van der Waals surface area contributed by atoms with E-state index in [-0.39, 0.29) is 18.6 Å². The maximum absolute atomic E-state index is 11.1. The third-order valence-corrected chi connectivity index (χ3v) is 2.99. The van der Waals surface area contributed by atoms with Crippen molar-refractivity contribution in [2.24, 2.45) is 0 Å². The fourth-order valence-electron chi connectivity index (χ4n) is 1.86. The van der Waals surface area contributed by atoms with Crippen LogP contribution in [0.25, 0.3) is 0 Å². The second-order valence-corrected chi connectivity index (χ2v) is 4.47. The first-order valence-corrected chi connectivity index (χ1v) is 5.91. The number of nitrogens with one attached hydrogen (secondary N) is 1. The van der Waals surface area contributed by atoms with Gasteiger partial charge in [0.05, 0.1) is 12.7 Å². The number of hydrogen-bond acceptors (Lipinski definition) is 5. The molecule has 0 unspecified atom stereocenters. The number of rotatable bonds is 3. The van der Waals surface area contributed by atoms with E-state index in [0.717, 1.165) is 5.69 Å². The third kappa shape index (κ3) is 3.07. The zero-order valence-corrected chi connectivity index (χ0v) is 10.2. The Kier molecular flexibility index (Phi) is 3.96. The summed E-state index contributed by atoms with van der Waals surface area (Å²) in [7, 11) is 0.